The van der Waals surface area contributed by atoms with Gasteiger partial charge in [-0.15, -0.1) is 0 Å². The van der Waals surface area contributed by atoms with E-state index in [9.17, 15) is 0 Å². The smallest absolute Gasteiger partial charge is 0.00143 e. The van der Waals surface area contributed by atoms with E-state index < -0.39 is 0 Å². The van der Waals surface area contributed by atoms with E-state index >= 15 is 0 Å². The SMILES string of the molecule is Cc1ccc2ccc3ccc4ccc5ccc6ccccc6c5c4c3c2c1. The second-order valence-electron chi connectivity index (χ2n) is 7.50. The highest BCUT2D eigenvalue weighted by atomic mass is 14.1. The average molecular weight is 342 g/mol. The zero-order valence-electron chi connectivity index (χ0n) is 15.2. The molecule has 0 unspecified atom stereocenters. The van der Waals surface area contributed by atoms with Crippen LogP contribution >= 0.6 is 0 Å². The number of fused-ring (bicyclic) bond motifs is 9. The number of hydrogen-bond donors (Lipinski definition) is 0. The lowest BCUT2D eigenvalue weighted by Gasteiger charge is -2.13. The molecule has 0 spiro atoms. The second-order valence-corrected chi connectivity index (χ2v) is 7.50. The van der Waals surface area contributed by atoms with Gasteiger partial charge in [0, 0.05) is 0 Å². The molecule has 0 aliphatic rings. The van der Waals surface area contributed by atoms with Gasteiger partial charge in [0.1, 0.15) is 0 Å². The first-order valence-electron chi connectivity index (χ1n) is 9.46. The van der Waals surface area contributed by atoms with Crippen LogP contribution in [0.3, 0.4) is 0 Å². The zero-order chi connectivity index (χ0) is 18.0. The summed E-state index contributed by atoms with van der Waals surface area (Å²) >= 11 is 0. The standard InChI is InChI=1S/C27H18/c1-17-6-7-19-9-11-21-13-15-22-14-12-20-10-8-18-4-2-3-5-23(18)25(20)27(22)26(21)24(19)16-17/h2-16H,1H3. The Balaban J connectivity index is 2.02. The predicted octanol–water partition coefficient (Wildman–Crippen LogP) is 7.76. The lowest BCUT2D eigenvalue weighted by molar-refractivity contribution is 1.51. The number of aryl methyl sites for hydroxylation is 1. The molecule has 6 rings (SSSR count). The minimum Gasteiger partial charge on any atom is -0.0616 e. The predicted molar refractivity (Wildman–Crippen MR) is 119 cm³/mol. The molecule has 0 N–H and O–H groups in total. The van der Waals surface area contributed by atoms with E-state index in [0.29, 0.717) is 0 Å². The molecule has 0 radical (unpaired) electrons. The quantitative estimate of drug-likeness (QED) is 0.247. The van der Waals surface area contributed by atoms with Gasteiger partial charge in [0.25, 0.3) is 0 Å². The van der Waals surface area contributed by atoms with Gasteiger partial charge in [0.05, 0.1) is 0 Å². The maximum Gasteiger partial charge on any atom is -0.00143 e. The van der Waals surface area contributed by atoms with Gasteiger partial charge >= 0.3 is 0 Å². The molecular formula is C27H18. The first kappa shape index (κ1) is 14.8. The van der Waals surface area contributed by atoms with E-state index in [2.05, 4.69) is 97.9 Å². The molecule has 0 saturated carbocycles. The van der Waals surface area contributed by atoms with Crippen molar-refractivity contribution in [1.29, 1.82) is 0 Å². The molecular weight excluding hydrogens is 324 g/mol. The fourth-order valence-electron chi connectivity index (χ4n) is 4.57. The highest BCUT2D eigenvalue weighted by Crippen LogP contribution is 2.39. The molecule has 0 heteroatoms. The third kappa shape index (κ3) is 2.04. The summed E-state index contributed by atoms with van der Waals surface area (Å²) in [4.78, 5) is 0. The van der Waals surface area contributed by atoms with E-state index in [1.807, 2.05) is 0 Å². The highest BCUT2D eigenvalue weighted by molar-refractivity contribution is 6.32. The fourth-order valence-corrected chi connectivity index (χ4v) is 4.57. The second kappa shape index (κ2) is 5.31. The molecule has 27 heavy (non-hydrogen) atoms. The molecule has 6 aromatic carbocycles. The number of hydrogen-bond acceptors (Lipinski definition) is 0. The van der Waals surface area contributed by atoms with Gasteiger partial charge < -0.3 is 0 Å². The average Bonchev–Trinajstić information content (AvgIpc) is 2.72. The molecule has 0 saturated heterocycles. The summed E-state index contributed by atoms with van der Waals surface area (Å²) in [5.41, 5.74) is 1.30. The lowest BCUT2D eigenvalue weighted by atomic mass is 9.90. The van der Waals surface area contributed by atoms with Crippen LogP contribution < -0.4 is 0 Å². The summed E-state index contributed by atoms with van der Waals surface area (Å²) in [6.07, 6.45) is 0. The lowest BCUT2D eigenvalue weighted by Crippen LogP contribution is -1.86. The minimum atomic E-state index is 1.30. The van der Waals surface area contributed by atoms with E-state index in [1.165, 1.54) is 59.4 Å². The van der Waals surface area contributed by atoms with E-state index in [0.717, 1.165) is 0 Å². The van der Waals surface area contributed by atoms with Crippen molar-refractivity contribution in [3.8, 4) is 0 Å². The van der Waals surface area contributed by atoms with Crippen LogP contribution in [-0.4, -0.2) is 0 Å². The first-order valence-corrected chi connectivity index (χ1v) is 9.46. The van der Waals surface area contributed by atoms with Gasteiger partial charge in [-0.3, -0.25) is 0 Å². The van der Waals surface area contributed by atoms with Gasteiger partial charge in [-0.05, 0) is 60.8 Å². The molecule has 0 atom stereocenters. The molecule has 0 bridgehead atoms. The van der Waals surface area contributed by atoms with Crippen LogP contribution in [-0.2, 0) is 0 Å². The Morgan fingerprint density at radius 1 is 0.407 bits per heavy atom. The minimum absolute atomic E-state index is 1.30. The maximum absolute atomic E-state index is 2.33. The molecule has 0 aromatic heterocycles. The third-order valence-corrected chi connectivity index (χ3v) is 5.84. The van der Waals surface area contributed by atoms with E-state index in [4.69, 9.17) is 0 Å². The van der Waals surface area contributed by atoms with Crippen LogP contribution in [0.4, 0.5) is 0 Å². The van der Waals surface area contributed by atoms with Gasteiger partial charge in [0.15, 0.2) is 0 Å². The molecule has 0 aliphatic carbocycles. The summed E-state index contributed by atoms with van der Waals surface area (Å²) in [5, 5.41) is 13.3. The first-order chi connectivity index (χ1) is 13.3. The van der Waals surface area contributed by atoms with Crippen molar-refractivity contribution in [3.63, 3.8) is 0 Å². The molecule has 0 aliphatic heterocycles. The van der Waals surface area contributed by atoms with Crippen molar-refractivity contribution in [3.05, 3.63) is 96.6 Å². The Labute approximate surface area is 157 Å². The number of rotatable bonds is 0. The largest absolute Gasteiger partial charge is 0.0616 e. The van der Waals surface area contributed by atoms with Crippen molar-refractivity contribution < 1.29 is 0 Å². The molecule has 0 fully saturated rings. The molecule has 0 nitrogen and oxygen atoms in total. The fraction of sp³-hybridized carbons (Fsp3) is 0.0370. The maximum atomic E-state index is 2.33. The molecule has 6 aromatic rings. The van der Waals surface area contributed by atoms with Crippen LogP contribution in [0.25, 0.3) is 53.9 Å². The van der Waals surface area contributed by atoms with Crippen LogP contribution in [0, 0.1) is 6.92 Å². The Morgan fingerprint density at radius 2 is 0.889 bits per heavy atom. The molecule has 0 amide bonds. The summed E-state index contributed by atoms with van der Waals surface area (Å²) in [6.45, 7) is 2.18. The van der Waals surface area contributed by atoms with Crippen molar-refractivity contribution in [2.75, 3.05) is 0 Å². The van der Waals surface area contributed by atoms with Crippen molar-refractivity contribution in [1.82, 2.24) is 0 Å². The monoisotopic (exact) mass is 342 g/mol. The molecule has 126 valence electrons. The van der Waals surface area contributed by atoms with Gasteiger partial charge in [-0.2, -0.15) is 0 Å². The molecule has 0 heterocycles. The van der Waals surface area contributed by atoms with Crippen molar-refractivity contribution in [2.45, 2.75) is 6.92 Å². The van der Waals surface area contributed by atoms with Gasteiger partial charge in [-0.25, -0.2) is 0 Å². The van der Waals surface area contributed by atoms with Crippen LogP contribution in [0.1, 0.15) is 5.56 Å². The van der Waals surface area contributed by atoms with E-state index in [1.54, 1.807) is 0 Å². The van der Waals surface area contributed by atoms with E-state index in [-0.39, 0.29) is 0 Å². The van der Waals surface area contributed by atoms with Crippen molar-refractivity contribution in [2.24, 2.45) is 0 Å². The van der Waals surface area contributed by atoms with Crippen LogP contribution in [0.15, 0.2) is 91.0 Å². The van der Waals surface area contributed by atoms with Crippen LogP contribution in [0.2, 0.25) is 0 Å². The Morgan fingerprint density at radius 3 is 1.59 bits per heavy atom. The summed E-state index contributed by atoms with van der Waals surface area (Å²) in [5.74, 6) is 0. The Kier molecular flexibility index (Phi) is 2.90. The summed E-state index contributed by atoms with van der Waals surface area (Å²) < 4.78 is 0. The van der Waals surface area contributed by atoms with Crippen LogP contribution in [0.5, 0.6) is 0 Å². The van der Waals surface area contributed by atoms with Gasteiger partial charge in [-0.1, -0.05) is 96.6 Å². The highest BCUT2D eigenvalue weighted by Gasteiger charge is 2.11. The Bertz CT molecular complexity index is 1500. The van der Waals surface area contributed by atoms with Crippen molar-refractivity contribution >= 4 is 53.9 Å². The summed E-state index contributed by atoms with van der Waals surface area (Å²) in [7, 11) is 0. The Hall–Kier alpha value is -3.38. The normalized spacial score (nSPS) is 11.9. The zero-order valence-corrected chi connectivity index (χ0v) is 15.2. The number of benzene rings is 6. The van der Waals surface area contributed by atoms with Gasteiger partial charge in [0.2, 0.25) is 0 Å². The third-order valence-electron chi connectivity index (χ3n) is 5.84. The summed E-state index contributed by atoms with van der Waals surface area (Å²) in [6, 6.07) is 33.5. The topological polar surface area (TPSA) is 0 Å².